The molecule has 4 N–H and O–H groups in total. The summed E-state index contributed by atoms with van der Waals surface area (Å²) in [7, 11) is 0. The van der Waals surface area contributed by atoms with Gasteiger partial charge < -0.3 is 20.8 Å². The quantitative estimate of drug-likeness (QED) is 0.408. The predicted octanol–water partition coefficient (Wildman–Crippen LogP) is -2.41. The Kier molecular flexibility index (Phi) is 3.84. The number of nitrogens with one attached hydrogen (secondary N) is 2. The lowest BCUT2D eigenvalue weighted by molar-refractivity contribution is -0.126. The number of hydrogen-bond donors (Lipinski definition) is 4. The van der Waals surface area contributed by atoms with Gasteiger partial charge in [0.2, 0.25) is 11.8 Å². The first-order valence-corrected chi connectivity index (χ1v) is 4.47. The lowest BCUT2D eigenvalue weighted by atomic mass is 10.1. The van der Waals surface area contributed by atoms with Crippen LogP contribution in [0.3, 0.4) is 0 Å². The van der Waals surface area contributed by atoms with Crippen molar-refractivity contribution >= 4 is 11.8 Å². The van der Waals surface area contributed by atoms with E-state index in [1.54, 1.807) is 0 Å². The number of rotatable bonds is 4. The van der Waals surface area contributed by atoms with Gasteiger partial charge in [-0.1, -0.05) is 0 Å². The smallest absolute Gasteiger partial charge is 0.225 e. The standard InChI is InChI=1S/C8H14N2O4/c11-4-6(12)3-10-8(14)5-1-7(13)9-2-5/h5-6,11-12H,1-4H2,(H,9,13)(H,10,14). The second-order valence-electron chi connectivity index (χ2n) is 3.29. The molecule has 1 aliphatic heterocycles. The molecule has 1 aliphatic rings. The average molecular weight is 202 g/mol. The molecule has 2 unspecified atom stereocenters. The van der Waals surface area contributed by atoms with Crippen LogP contribution in [0.2, 0.25) is 0 Å². The highest BCUT2D eigenvalue weighted by atomic mass is 16.3. The van der Waals surface area contributed by atoms with Crippen molar-refractivity contribution in [2.24, 2.45) is 5.92 Å². The number of carbonyl (C=O) groups excluding carboxylic acids is 2. The van der Waals surface area contributed by atoms with E-state index in [1.807, 2.05) is 0 Å². The maximum absolute atomic E-state index is 11.3. The highest BCUT2D eigenvalue weighted by molar-refractivity contribution is 5.89. The van der Waals surface area contributed by atoms with Crippen molar-refractivity contribution in [1.29, 1.82) is 0 Å². The molecule has 0 aromatic heterocycles. The van der Waals surface area contributed by atoms with E-state index in [9.17, 15) is 9.59 Å². The largest absolute Gasteiger partial charge is 0.394 e. The monoisotopic (exact) mass is 202 g/mol. The van der Waals surface area contributed by atoms with Gasteiger partial charge in [-0.2, -0.15) is 0 Å². The minimum atomic E-state index is -0.941. The molecule has 0 bridgehead atoms. The molecule has 14 heavy (non-hydrogen) atoms. The fourth-order valence-corrected chi connectivity index (χ4v) is 1.22. The number of aliphatic hydroxyl groups excluding tert-OH is 2. The van der Waals surface area contributed by atoms with Gasteiger partial charge >= 0.3 is 0 Å². The molecule has 1 heterocycles. The molecule has 80 valence electrons. The van der Waals surface area contributed by atoms with Gasteiger partial charge in [0.1, 0.15) is 0 Å². The molecule has 1 saturated heterocycles. The van der Waals surface area contributed by atoms with Gasteiger partial charge in [-0.3, -0.25) is 9.59 Å². The summed E-state index contributed by atoms with van der Waals surface area (Å²) < 4.78 is 0. The molecule has 6 heteroatoms. The van der Waals surface area contributed by atoms with Gasteiger partial charge in [0.05, 0.1) is 18.6 Å². The third-order valence-corrected chi connectivity index (χ3v) is 2.07. The predicted molar refractivity (Wildman–Crippen MR) is 47.2 cm³/mol. The van der Waals surface area contributed by atoms with Crippen molar-refractivity contribution in [3.63, 3.8) is 0 Å². The van der Waals surface area contributed by atoms with Gasteiger partial charge in [-0.05, 0) is 0 Å². The average Bonchev–Trinajstić information content (AvgIpc) is 2.60. The molecule has 0 spiro atoms. The normalized spacial score (nSPS) is 23.0. The van der Waals surface area contributed by atoms with Crippen LogP contribution in [0.5, 0.6) is 0 Å². The van der Waals surface area contributed by atoms with E-state index < -0.39 is 6.10 Å². The highest BCUT2D eigenvalue weighted by Crippen LogP contribution is 2.08. The van der Waals surface area contributed by atoms with E-state index in [0.29, 0.717) is 6.54 Å². The number of amides is 2. The van der Waals surface area contributed by atoms with Crippen LogP contribution in [0.4, 0.5) is 0 Å². The van der Waals surface area contributed by atoms with Crippen molar-refractivity contribution in [1.82, 2.24) is 10.6 Å². The van der Waals surface area contributed by atoms with Crippen molar-refractivity contribution in [2.75, 3.05) is 19.7 Å². The summed E-state index contributed by atoms with van der Waals surface area (Å²) in [5, 5.41) is 22.4. The maximum atomic E-state index is 11.3. The molecule has 0 aliphatic carbocycles. The van der Waals surface area contributed by atoms with Crippen molar-refractivity contribution < 1.29 is 19.8 Å². The fourth-order valence-electron chi connectivity index (χ4n) is 1.22. The van der Waals surface area contributed by atoms with Crippen LogP contribution in [0.1, 0.15) is 6.42 Å². The first-order chi connectivity index (χ1) is 6.63. The van der Waals surface area contributed by atoms with E-state index in [2.05, 4.69) is 10.6 Å². The summed E-state index contributed by atoms with van der Waals surface area (Å²) in [5.41, 5.74) is 0. The van der Waals surface area contributed by atoms with Gasteiger partial charge in [0, 0.05) is 19.5 Å². The van der Waals surface area contributed by atoms with E-state index in [-0.39, 0.29) is 37.3 Å². The second kappa shape index (κ2) is 4.92. The number of aliphatic hydroxyl groups is 2. The molecule has 2 atom stereocenters. The van der Waals surface area contributed by atoms with Crippen LogP contribution < -0.4 is 10.6 Å². The molecule has 0 aromatic rings. The van der Waals surface area contributed by atoms with E-state index in [1.165, 1.54) is 0 Å². The Morgan fingerprint density at radius 1 is 1.71 bits per heavy atom. The van der Waals surface area contributed by atoms with Gasteiger partial charge in [-0.25, -0.2) is 0 Å². The Bertz CT molecular complexity index is 231. The zero-order chi connectivity index (χ0) is 10.6. The summed E-state index contributed by atoms with van der Waals surface area (Å²) >= 11 is 0. The Hall–Kier alpha value is -1.14. The van der Waals surface area contributed by atoms with Gasteiger partial charge in [-0.15, -0.1) is 0 Å². The summed E-state index contributed by atoms with van der Waals surface area (Å²) in [4.78, 5) is 22.1. The van der Waals surface area contributed by atoms with E-state index >= 15 is 0 Å². The van der Waals surface area contributed by atoms with Crippen molar-refractivity contribution in [2.45, 2.75) is 12.5 Å². The fraction of sp³-hybridized carbons (Fsp3) is 0.750. The van der Waals surface area contributed by atoms with E-state index in [0.717, 1.165) is 0 Å². The van der Waals surface area contributed by atoms with Crippen LogP contribution in [-0.4, -0.2) is 47.8 Å². The first kappa shape index (κ1) is 10.9. The molecule has 6 nitrogen and oxygen atoms in total. The zero-order valence-electron chi connectivity index (χ0n) is 7.69. The van der Waals surface area contributed by atoms with Crippen LogP contribution in [0, 0.1) is 5.92 Å². The van der Waals surface area contributed by atoms with Crippen molar-refractivity contribution in [3.8, 4) is 0 Å². The summed E-state index contributed by atoms with van der Waals surface area (Å²) in [6.45, 7) is -0.0258. The van der Waals surface area contributed by atoms with Crippen LogP contribution >= 0.6 is 0 Å². The van der Waals surface area contributed by atoms with Crippen LogP contribution in [-0.2, 0) is 9.59 Å². The number of carbonyl (C=O) groups is 2. The molecule has 0 radical (unpaired) electrons. The summed E-state index contributed by atoms with van der Waals surface area (Å²) in [6.07, 6.45) is -0.745. The minimum Gasteiger partial charge on any atom is -0.394 e. The second-order valence-corrected chi connectivity index (χ2v) is 3.29. The third-order valence-electron chi connectivity index (χ3n) is 2.07. The minimum absolute atomic E-state index is 0.0139. The molecule has 1 rings (SSSR count). The molecule has 2 amide bonds. The molecular weight excluding hydrogens is 188 g/mol. The van der Waals surface area contributed by atoms with E-state index in [4.69, 9.17) is 10.2 Å². The van der Waals surface area contributed by atoms with Gasteiger partial charge in [0.25, 0.3) is 0 Å². The topological polar surface area (TPSA) is 98.7 Å². The first-order valence-electron chi connectivity index (χ1n) is 4.47. The molecule has 0 aromatic carbocycles. The molecular formula is C8H14N2O4. The maximum Gasteiger partial charge on any atom is 0.225 e. The Morgan fingerprint density at radius 3 is 2.93 bits per heavy atom. The van der Waals surface area contributed by atoms with Gasteiger partial charge in [0.15, 0.2) is 0 Å². The highest BCUT2D eigenvalue weighted by Gasteiger charge is 2.27. The third kappa shape index (κ3) is 2.97. The van der Waals surface area contributed by atoms with Crippen LogP contribution in [0.15, 0.2) is 0 Å². The molecule has 0 saturated carbocycles. The Labute approximate surface area is 81.3 Å². The lowest BCUT2D eigenvalue weighted by Crippen LogP contribution is -2.38. The summed E-state index contributed by atoms with van der Waals surface area (Å²) in [5.74, 6) is -0.753. The van der Waals surface area contributed by atoms with Crippen LogP contribution in [0.25, 0.3) is 0 Å². The zero-order valence-corrected chi connectivity index (χ0v) is 7.69. The summed E-state index contributed by atoms with van der Waals surface area (Å²) in [6, 6.07) is 0. The SMILES string of the molecule is O=C1CC(C(=O)NCC(O)CO)CN1. The lowest BCUT2D eigenvalue weighted by Gasteiger charge is -2.11. The Balaban J connectivity index is 2.25. The molecule has 1 fully saturated rings. The number of hydrogen-bond acceptors (Lipinski definition) is 4. The van der Waals surface area contributed by atoms with Crippen molar-refractivity contribution in [3.05, 3.63) is 0 Å². The Morgan fingerprint density at radius 2 is 2.43 bits per heavy atom.